The van der Waals surface area contributed by atoms with Gasteiger partial charge in [-0.1, -0.05) is 88.4 Å². The van der Waals surface area contributed by atoms with Gasteiger partial charge in [-0.2, -0.15) is 0 Å². The van der Waals surface area contributed by atoms with Crippen LogP contribution in [0.1, 0.15) is 65.6 Å². The number of carbonyl (C=O) groups excluding carboxylic acids is 4. The third kappa shape index (κ3) is 6.30. The maximum Gasteiger partial charge on any atom is 0.256 e. The number of hydrogen-bond acceptors (Lipinski definition) is 6. The zero-order chi connectivity index (χ0) is 30.8. The van der Waals surface area contributed by atoms with Gasteiger partial charge in [-0.3, -0.25) is 24.1 Å². The van der Waals surface area contributed by atoms with Crippen LogP contribution in [0.3, 0.4) is 0 Å². The van der Waals surface area contributed by atoms with Gasteiger partial charge in [0.25, 0.3) is 11.8 Å². The molecule has 2 aromatic carbocycles. The number of ketones is 1. The van der Waals surface area contributed by atoms with Gasteiger partial charge >= 0.3 is 0 Å². The summed E-state index contributed by atoms with van der Waals surface area (Å²) in [5.74, 6) is -2.28. The zero-order valence-corrected chi connectivity index (χ0v) is 25.3. The third-order valence-corrected chi connectivity index (χ3v) is 7.32. The summed E-state index contributed by atoms with van der Waals surface area (Å²) < 4.78 is 5.80. The fourth-order valence-corrected chi connectivity index (χ4v) is 5.35. The van der Waals surface area contributed by atoms with E-state index in [9.17, 15) is 19.2 Å². The van der Waals surface area contributed by atoms with E-state index in [2.05, 4.69) is 10.3 Å². The van der Waals surface area contributed by atoms with E-state index < -0.39 is 35.4 Å². The second kappa shape index (κ2) is 12.3. The van der Waals surface area contributed by atoms with Gasteiger partial charge in [0.15, 0.2) is 0 Å². The highest BCUT2D eigenvalue weighted by molar-refractivity contribution is 6.39. The molecule has 3 atom stereocenters. The van der Waals surface area contributed by atoms with E-state index in [1.807, 2.05) is 76.2 Å². The second-order valence-electron chi connectivity index (χ2n) is 12.1. The Morgan fingerprint density at radius 1 is 0.976 bits per heavy atom. The summed E-state index contributed by atoms with van der Waals surface area (Å²) in [7, 11) is 0. The quantitative estimate of drug-likeness (QED) is 0.481. The molecule has 0 aromatic heterocycles. The van der Waals surface area contributed by atoms with Crippen molar-refractivity contribution in [1.29, 1.82) is 0 Å². The average molecular weight is 573 g/mol. The normalized spacial score (nSPS) is 19.6. The smallest absolute Gasteiger partial charge is 0.256 e. The molecule has 0 aliphatic carbocycles. The first-order chi connectivity index (χ1) is 19.8. The van der Waals surface area contributed by atoms with E-state index in [-0.39, 0.29) is 36.2 Å². The van der Waals surface area contributed by atoms with E-state index in [0.717, 1.165) is 0 Å². The lowest BCUT2D eigenvalue weighted by atomic mass is 9.89. The van der Waals surface area contributed by atoms with Crippen LogP contribution in [0, 0.1) is 11.8 Å². The molecule has 2 aliphatic rings. The minimum Gasteiger partial charge on any atom is -0.473 e. The molecule has 0 fully saturated rings. The van der Waals surface area contributed by atoms with Crippen molar-refractivity contribution in [1.82, 2.24) is 15.1 Å². The van der Waals surface area contributed by atoms with Crippen molar-refractivity contribution < 1.29 is 23.9 Å². The summed E-state index contributed by atoms with van der Waals surface area (Å²) in [6.07, 6.45) is 1.67. The summed E-state index contributed by atoms with van der Waals surface area (Å²) in [6, 6.07) is 15.1. The zero-order valence-electron chi connectivity index (χ0n) is 25.3. The molecule has 9 nitrogen and oxygen atoms in total. The van der Waals surface area contributed by atoms with Crippen LogP contribution in [-0.4, -0.2) is 63.4 Å². The van der Waals surface area contributed by atoms with Gasteiger partial charge in [-0.05, 0) is 30.9 Å². The number of benzene rings is 2. The summed E-state index contributed by atoms with van der Waals surface area (Å²) in [6.45, 7) is 12.6. The summed E-state index contributed by atoms with van der Waals surface area (Å²) in [4.78, 5) is 62.9. The topological polar surface area (TPSA) is 108 Å². The lowest BCUT2D eigenvalue weighted by Gasteiger charge is -2.46. The van der Waals surface area contributed by atoms with Gasteiger partial charge in [0.1, 0.15) is 18.7 Å². The Bertz CT molecular complexity index is 1400. The van der Waals surface area contributed by atoms with Crippen molar-refractivity contribution in [3.63, 3.8) is 0 Å². The number of amides is 3. The van der Waals surface area contributed by atoms with Crippen molar-refractivity contribution in [3.8, 4) is 0 Å². The molecule has 2 aliphatic heterocycles. The van der Waals surface area contributed by atoms with E-state index in [1.54, 1.807) is 32.2 Å². The van der Waals surface area contributed by atoms with Gasteiger partial charge in [-0.15, -0.1) is 0 Å². The molecule has 42 heavy (non-hydrogen) atoms. The van der Waals surface area contributed by atoms with Crippen molar-refractivity contribution >= 4 is 35.1 Å². The lowest BCUT2D eigenvalue weighted by Crippen LogP contribution is -2.62. The number of carbonyl (C=O) groups is 4. The fourth-order valence-electron chi connectivity index (χ4n) is 5.35. The van der Waals surface area contributed by atoms with Crippen LogP contribution in [0.5, 0.6) is 0 Å². The number of nitrogens with zero attached hydrogens (tertiary/aromatic N) is 3. The van der Waals surface area contributed by atoms with Gasteiger partial charge in [0.05, 0.1) is 17.3 Å². The molecule has 1 N–H and O–H groups in total. The Balaban J connectivity index is 2.02. The highest BCUT2D eigenvalue weighted by atomic mass is 16.5. The molecule has 9 heteroatoms. The van der Waals surface area contributed by atoms with Crippen LogP contribution in [0.2, 0.25) is 0 Å². The minimum absolute atomic E-state index is 0.0988. The number of hydrogen-bond donors (Lipinski definition) is 1. The van der Waals surface area contributed by atoms with Gasteiger partial charge in [0, 0.05) is 19.0 Å². The number of nitrogens with one attached hydrogen (secondary N) is 1. The molecule has 222 valence electrons. The average Bonchev–Trinajstić information content (AvgIpc) is 3.32. The Hall–Kier alpha value is -4.27. The molecule has 0 saturated heterocycles. The van der Waals surface area contributed by atoms with Crippen molar-refractivity contribution in [3.05, 3.63) is 78.0 Å². The first-order valence-electron chi connectivity index (χ1n) is 14.3. The Morgan fingerprint density at radius 3 is 2.07 bits per heavy atom. The monoisotopic (exact) mass is 572 g/mol. The van der Waals surface area contributed by atoms with E-state index in [0.29, 0.717) is 16.8 Å². The molecule has 1 unspecified atom stereocenters. The highest BCUT2D eigenvalue weighted by Gasteiger charge is 2.50. The predicted molar refractivity (Wildman–Crippen MR) is 161 cm³/mol. The Labute approximate surface area is 247 Å². The van der Waals surface area contributed by atoms with Crippen molar-refractivity contribution in [2.24, 2.45) is 16.8 Å². The Kier molecular flexibility index (Phi) is 8.99. The van der Waals surface area contributed by atoms with Crippen LogP contribution in [0.25, 0.3) is 5.70 Å². The summed E-state index contributed by atoms with van der Waals surface area (Å²) in [5.41, 5.74) is 1.01. The van der Waals surface area contributed by atoms with Crippen LogP contribution in [0.4, 0.5) is 0 Å². The van der Waals surface area contributed by atoms with Crippen LogP contribution in [-0.2, 0) is 23.9 Å². The third-order valence-electron chi connectivity index (χ3n) is 7.32. The van der Waals surface area contributed by atoms with Crippen LogP contribution in [0.15, 0.2) is 71.9 Å². The molecule has 4 rings (SSSR count). The van der Waals surface area contributed by atoms with Crippen molar-refractivity contribution in [2.45, 2.75) is 72.1 Å². The van der Waals surface area contributed by atoms with Gasteiger partial charge in [-0.25, -0.2) is 4.99 Å². The van der Waals surface area contributed by atoms with Crippen molar-refractivity contribution in [2.75, 3.05) is 6.61 Å². The minimum atomic E-state index is -1.26. The van der Waals surface area contributed by atoms with E-state index in [1.165, 1.54) is 16.7 Å². The SMILES string of the molecule is CC(=O)NC(c1ccccc1)[C@@H](C(=O)C1=NC(C)(C)CO1)N1C(=O)[C@H](C(C)C)N(C(=O)C(C)C)C=C1c1ccccc1. The number of Topliss-reactive ketones (excluding diaryl/α,β-unsaturated/α-hetero) is 1. The molecule has 2 aromatic rings. The maximum absolute atomic E-state index is 14.7. The lowest BCUT2D eigenvalue weighted by molar-refractivity contribution is -0.149. The molecule has 0 saturated carbocycles. The maximum atomic E-state index is 14.7. The van der Waals surface area contributed by atoms with E-state index in [4.69, 9.17) is 4.74 Å². The van der Waals surface area contributed by atoms with Gasteiger partial charge in [0.2, 0.25) is 17.6 Å². The Morgan fingerprint density at radius 2 is 1.57 bits per heavy atom. The molecule has 2 heterocycles. The second-order valence-corrected chi connectivity index (χ2v) is 12.1. The fraction of sp³-hybridized carbons (Fsp3) is 0.424. The summed E-state index contributed by atoms with van der Waals surface area (Å²) >= 11 is 0. The van der Waals surface area contributed by atoms with Crippen LogP contribution < -0.4 is 5.32 Å². The highest BCUT2D eigenvalue weighted by Crippen LogP contribution is 2.37. The number of ether oxygens (including phenoxy) is 1. The molecule has 0 radical (unpaired) electrons. The first kappa shape index (κ1) is 30.7. The molecular formula is C33H40N4O5. The summed E-state index contributed by atoms with van der Waals surface area (Å²) in [5, 5.41) is 2.94. The molecule has 3 amide bonds. The molecular weight excluding hydrogens is 532 g/mol. The standard InChI is InChI=1S/C33H40N4O5/c1-20(2)27-32(41)37(25(23-14-10-8-11-15-23)18-36(27)31(40)21(3)4)28(29(39)30-35-33(6,7)19-42-30)26(34-22(5)38)24-16-12-9-13-17-24/h8-18,20-21,26-28H,19H2,1-7H3,(H,34,38)/t26?,27-,28-/m0/s1. The molecule has 0 spiro atoms. The van der Waals surface area contributed by atoms with Gasteiger partial charge < -0.3 is 15.0 Å². The molecule has 0 bridgehead atoms. The van der Waals surface area contributed by atoms with Crippen LogP contribution >= 0.6 is 0 Å². The largest absolute Gasteiger partial charge is 0.473 e. The predicted octanol–water partition coefficient (Wildman–Crippen LogP) is 4.36. The van der Waals surface area contributed by atoms with E-state index >= 15 is 0 Å². The number of aliphatic imine (C=N–C) groups is 1. The number of rotatable bonds is 9. The first-order valence-corrected chi connectivity index (χ1v) is 14.3.